The van der Waals surface area contributed by atoms with Crippen LogP contribution in [-0.4, -0.2) is 6.61 Å². The number of rotatable bonds is 4. The van der Waals surface area contributed by atoms with E-state index in [-0.39, 0.29) is 0 Å². The highest BCUT2D eigenvalue weighted by atomic mass is 16.5. The Morgan fingerprint density at radius 1 is 1.05 bits per heavy atom. The summed E-state index contributed by atoms with van der Waals surface area (Å²) in [7, 11) is 0. The number of hydrogen-bond acceptors (Lipinski definition) is 3. The molecule has 2 aromatic carbocycles. The topological polar surface area (TPSA) is 56.8 Å². The van der Waals surface area contributed by atoms with Crippen molar-refractivity contribution >= 4 is 11.6 Å². The molecule has 0 aliphatic rings. The first kappa shape index (κ1) is 14.4. The third-order valence-corrected chi connectivity index (χ3v) is 2.95. The van der Waals surface area contributed by atoms with Crippen LogP contribution in [0.25, 0.3) is 11.6 Å². The first-order valence-corrected chi connectivity index (χ1v) is 6.62. The maximum Gasteiger partial charge on any atom is 0.119 e. The molecule has 0 radical (unpaired) electrons. The van der Waals surface area contributed by atoms with E-state index in [9.17, 15) is 5.26 Å². The largest absolute Gasteiger partial charge is 0.494 e. The van der Waals surface area contributed by atoms with Gasteiger partial charge in [0.05, 0.1) is 29.9 Å². The van der Waals surface area contributed by atoms with E-state index in [1.165, 1.54) is 0 Å². The van der Waals surface area contributed by atoms with Gasteiger partial charge in [-0.15, -0.1) is 0 Å². The van der Waals surface area contributed by atoms with E-state index < -0.39 is 0 Å². The maximum atomic E-state index is 9.30. The zero-order valence-electron chi connectivity index (χ0n) is 11.7. The standard InChI is InChI=1S/C18H14N2O/c1-2-21-18-9-5-14(6-10-18)11-17(13-20)16-7-3-15(12-19)4-8-16/h3-11H,2H2,1H3. The highest BCUT2D eigenvalue weighted by Gasteiger charge is 2.02. The molecular formula is C18H14N2O. The lowest BCUT2D eigenvalue weighted by Crippen LogP contribution is -1.90. The minimum atomic E-state index is 0.559. The van der Waals surface area contributed by atoms with E-state index in [0.717, 1.165) is 16.9 Å². The van der Waals surface area contributed by atoms with E-state index in [0.29, 0.717) is 17.7 Å². The fraction of sp³-hybridized carbons (Fsp3) is 0.111. The van der Waals surface area contributed by atoms with Gasteiger partial charge < -0.3 is 4.74 Å². The lowest BCUT2D eigenvalue weighted by atomic mass is 10.0. The number of nitriles is 2. The van der Waals surface area contributed by atoms with Crippen molar-refractivity contribution in [1.82, 2.24) is 0 Å². The Morgan fingerprint density at radius 2 is 1.71 bits per heavy atom. The molecule has 0 spiro atoms. The van der Waals surface area contributed by atoms with Crippen LogP contribution in [0.4, 0.5) is 0 Å². The Morgan fingerprint density at radius 3 is 2.24 bits per heavy atom. The minimum absolute atomic E-state index is 0.559. The highest BCUT2D eigenvalue weighted by Crippen LogP contribution is 2.20. The second-order valence-electron chi connectivity index (χ2n) is 4.36. The van der Waals surface area contributed by atoms with Crippen LogP contribution in [0.1, 0.15) is 23.6 Å². The van der Waals surface area contributed by atoms with Crippen molar-refractivity contribution in [3.05, 3.63) is 65.2 Å². The van der Waals surface area contributed by atoms with Gasteiger partial charge in [-0.1, -0.05) is 24.3 Å². The van der Waals surface area contributed by atoms with Gasteiger partial charge in [-0.05, 0) is 48.4 Å². The van der Waals surface area contributed by atoms with Gasteiger partial charge in [-0.2, -0.15) is 10.5 Å². The lowest BCUT2D eigenvalue weighted by Gasteiger charge is -2.03. The molecule has 0 bridgehead atoms. The number of nitrogens with zero attached hydrogens (tertiary/aromatic N) is 2. The third-order valence-electron chi connectivity index (χ3n) is 2.95. The van der Waals surface area contributed by atoms with E-state index >= 15 is 0 Å². The first-order valence-electron chi connectivity index (χ1n) is 6.62. The van der Waals surface area contributed by atoms with Crippen LogP contribution >= 0.6 is 0 Å². The van der Waals surface area contributed by atoms with Crippen molar-refractivity contribution in [2.75, 3.05) is 6.61 Å². The summed E-state index contributed by atoms with van der Waals surface area (Å²) in [5.41, 5.74) is 2.87. The molecular weight excluding hydrogens is 260 g/mol. The zero-order chi connectivity index (χ0) is 15.1. The zero-order valence-corrected chi connectivity index (χ0v) is 11.7. The van der Waals surface area contributed by atoms with Gasteiger partial charge in [-0.3, -0.25) is 0 Å². The Hall–Kier alpha value is -3.04. The van der Waals surface area contributed by atoms with Crippen molar-refractivity contribution in [3.8, 4) is 17.9 Å². The van der Waals surface area contributed by atoms with Crippen LogP contribution in [0.5, 0.6) is 5.75 Å². The van der Waals surface area contributed by atoms with Crippen molar-refractivity contribution in [2.24, 2.45) is 0 Å². The van der Waals surface area contributed by atoms with Crippen molar-refractivity contribution in [1.29, 1.82) is 10.5 Å². The summed E-state index contributed by atoms with van der Waals surface area (Å²) in [6, 6.07) is 18.8. The van der Waals surface area contributed by atoms with E-state index in [2.05, 4.69) is 12.1 Å². The smallest absolute Gasteiger partial charge is 0.119 e. The molecule has 2 rings (SSSR count). The molecule has 0 unspecified atom stereocenters. The Kier molecular flexibility index (Phi) is 4.75. The predicted molar refractivity (Wildman–Crippen MR) is 82.3 cm³/mol. The van der Waals surface area contributed by atoms with Crippen molar-refractivity contribution in [3.63, 3.8) is 0 Å². The Balaban J connectivity index is 2.27. The van der Waals surface area contributed by atoms with Crippen LogP contribution in [0, 0.1) is 22.7 Å². The third kappa shape index (κ3) is 3.72. The molecule has 0 N–H and O–H groups in total. The SMILES string of the molecule is CCOc1ccc(C=C(C#N)c2ccc(C#N)cc2)cc1. The molecule has 0 heterocycles. The molecule has 0 saturated heterocycles. The Bertz CT molecular complexity index is 714. The average Bonchev–Trinajstić information content (AvgIpc) is 2.54. The molecule has 21 heavy (non-hydrogen) atoms. The van der Waals surface area contributed by atoms with Gasteiger partial charge in [0.25, 0.3) is 0 Å². The second kappa shape index (κ2) is 6.93. The number of ether oxygens (including phenoxy) is 1. The second-order valence-corrected chi connectivity index (χ2v) is 4.36. The summed E-state index contributed by atoms with van der Waals surface area (Å²) in [5.74, 6) is 0.812. The molecule has 0 saturated carbocycles. The van der Waals surface area contributed by atoms with Gasteiger partial charge in [0.1, 0.15) is 5.75 Å². The molecule has 0 aliphatic heterocycles. The fourth-order valence-electron chi connectivity index (χ4n) is 1.90. The molecule has 3 nitrogen and oxygen atoms in total. The predicted octanol–water partition coefficient (Wildman–Crippen LogP) is 4.02. The average molecular weight is 274 g/mol. The van der Waals surface area contributed by atoms with Crippen LogP contribution < -0.4 is 4.74 Å². The van der Waals surface area contributed by atoms with Gasteiger partial charge in [-0.25, -0.2) is 0 Å². The maximum absolute atomic E-state index is 9.30. The first-order chi connectivity index (χ1) is 10.3. The van der Waals surface area contributed by atoms with E-state index in [1.807, 2.05) is 37.3 Å². The monoisotopic (exact) mass is 274 g/mol. The van der Waals surface area contributed by atoms with Crippen molar-refractivity contribution in [2.45, 2.75) is 6.92 Å². The molecule has 0 aliphatic carbocycles. The molecule has 3 heteroatoms. The molecule has 102 valence electrons. The van der Waals surface area contributed by atoms with Gasteiger partial charge in [0, 0.05) is 0 Å². The number of hydrogen-bond donors (Lipinski definition) is 0. The number of benzene rings is 2. The quantitative estimate of drug-likeness (QED) is 0.625. The van der Waals surface area contributed by atoms with Crippen molar-refractivity contribution < 1.29 is 4.74 Å². The highest BCUT2D eigenvalue weighted by molar-refractivity contribution is 5.89. The minimum Gasteiger partial charge on any atom is -0.494 e. The van der Waals surface area contributed by atoms with Crippen LogP contribution in [0.2, 0.25) is 0 Å². The number of allylic oxidation sites excluding steroid dienone is 1. The normalized spacial score (nSPS) is 10.5. The van der Waals surface area contributed by atoms with Gasteiger partial charge in [0.15, 0.2) is 0 Å². The molecule has 2 aromatic rings. The van der Waals surface area contributed by atoms with E-state index in [1.54, 1.807) is 24.3 Å². The summed E-state index contributed by atoms with van der Waals surface area (Å²) >= 11 is 0. The summed E-state index contributed by atoms with van der Waals surface area (Å²) in [4.78, 5) is 0. The Labute approximate surface area is 124 Å². The molecule has 0 fully saturated rings. The van der Waals surface area contributed by atoms with Gasteiger partial charge in [0.2, 0.25) is 0 Å². The molecule has 0 atom stereocenters. The summed E-state index contributed by atoms with van der Waals surface area (Å²) in [6.45, 7) is 2.57. The van der Waals surface area contributed by atoms with Crippen LogP contribution in [-0.2, 0) is 0 Å². The van der Waals surface area contributed by atoms with Crippen LogP contribution in [0.3, 0.4) is 0 Å². The summed E-state index contributed by atoms with van der Waals surface area (Å²) < 4.78 is 5.39. The summed E-state index contributed by atoms with van der Waals surface area (Å²) in [5, 5.41) is 18.1. The fourth-order valence-corrected chi connectivity index (χ4v) is 1.90. The molecule has 0 amide bonds. The summed E-state index contributed by atoms with van der Waals surface area (Å²) in [6.07, 6.45) is 1.82. The van der Waals surface area contributed by atoms with E-state index in [4.69, 9.17) is 10.00 Å². The van der Waals surface area contributed by atoms with Crippen LogP contribution in [0.15, 0.2) is 48.5 Å². The van der Waals surface area contributed by atoms with Gasteiger partial charge >= 0.3 is 0 Å². The lowest BCUT2D eigenvalue weighted by molar-refractivity contribution is 0.340. The molecule has 0 aromatic heterocycles.